The Balaban J connectivity index is 1.73. The zero-order chi connectivity index (χ0) is 15.1. The second kappa shape index (κ2) is 5.43. The van der Waals surface area contributed by atoms with E-state index in [1.807, 2.05) is 12.3 Å². The molecule has 1 aliphatic rings. The molecule has 0 radical (unpaired) electrons. The molecule has 0 aliphatic carbocycles. The molecule has 2 N–H and O–H groups in total. The van der Waals surface area contributed by atoms with E-state index in [0.717, 1.165) is 28.6 Å². The van der Waals surface area contributed by atoms with E-state index in [-0.39, 0.29) is 12.4 Å². The number of aliphatic hydroxyl groups excluding tert-OH is 1. The van der Waals surface area contributed by atoms with E-state index >= 15 is 0 Å². The van der Waals surface area contributed by atoms with Crippen molar-refractivity contribution in [2.75, 3.05) is 13.2 Å². The highest BCUT2D eigenvalue weighted by Gasteiger charge is 2.20. The largest absolute Gasteiger partial charge is 0.395 e. The minimum Gasteiger partial charge on any atom is -0.395 e. The lowest BCUT2D eigenvalue weighted by atomic mass is 10.0. The number of β-amino-alcohol motifs (C(OH)–C–C–N with tert-alkyl or cyclic N) is 1. The number of fused-ring (bicyclic) bond motifs is 2. The third-order valence-corrected chi connectivity index (χ3v) is 5.10. The van der Waals surface area contributed by atoms with Crippen LogP contribution in [0.25, 0.3) is 22.0 Å². The molecule has 4 rings (SSSR count). The van der Waals surface area contributed by atoms with Gasteiger partial charge in [-0.05, 0) is 53.4 Å². The summed E-state index contributed by atoms with van der Waals surface area (Å²) < 4.78 is 15.4. The van der Waals surface area contributed by atoms with Gasteiger partial charge in [-0.1, -0.05) is 6.07 Å². The van der Waals surface area contributed by atoms with Crippen LogP contribution in [0.5, 0.6) is 0 Å². The number of nitrogens with one attached hydrogen (secondary N) is 1. The molecule has 0 fully saturated rings. The molecule has 3 nitrogen and oxygen atoms in total. The van der Waals surface area contributed by atoms with Crippen LogP contribution in [0.3, 0.4) is 0 Å². The molecule has 0 saturated carbocycles. The number of H-pyrrole nitrogens is 1. The summed E-state index contributed by atoms with van der Waals surface area (Å²) in [6.45, 7) is 1.67. The summed E-state index contributed by atoms with van der Waals surface area (Å²) in [6.07, 6.45) is 1.93. The molecular formula is C17H15FN2OS. The van der Waals surface area contributed by atoms with E-state index in [1.165, 1.54) is 22.6 Å². The summed E-state index contributed by atoms with van der Waals surface area (Å²) in [4.78, 5) is 4.37. The van der Waals surface area contributed by atoms with Gasteiger partial charge in [-0.15, -0.1) is 0 Å². The smallest absolute Gasteiger partial charge is 0.125 e. The highest BCUT2D eigenvalue weighted by Crippen LogP contribution is 2.39. The quantitative estimate of drug-likeness (QED) is 0.723. The van der Waals surface area contributed by atoms with Crippen LogP contribution < -0.4 is 0 Å². The van der Waals surface area contributed by atoms with Crippen LogP contribution in [-0.2, 0) is 6.54 Å². The SMILES string of the molecule is OCCN1Cc2cc(-c3c[nH]c4cc(F)ccc34)ccc2S1. The first-order valence-electron chi connectivity index (χ1n) is 7.18. The van der Waals surface area contributed by atoms with Crippen LogP contribution in [0.4, 0.5) is 4.39 Å². The normalized spacial score (nSPS) is 14.6. The van der Waals surface area contributed by atoms with Crippen molar-refractivity contribution in [2.45, 2.75) is 11.4 Å². The predicted molar refractivity (Wildman–Crippen MR) is 87.0 cm³/mol. The Kier molecular flexibility index (Phi) is 3.41. The van der Waals surface area contributed by atoms with Crippen molar-refractivity contribution in [3.05, 3.63) is 54.0 Å². The van der Waals surface area contributed by atoms with Crippen LogP contribution in [0.2, 0.25) is 0 Å². The number of aromatic amines is 1. The van der Waals surface area contributed by atoms with Crippen molar-refractivity contribution in [1.82, 2.24) is 9.29 Å². The molecular weight excluding hydrogens is 299 g/mol. The molecule has 1 aliphatic heterocycles. The molecule has 1 aromatic heterocycles. The van der Waals surface area contributed by atoms with Gasteiger partial charge >= 0.3 is 0 Å². The lowest BCUT2D eigenvalue weighted by Gasteiger charge is -2.09. The van der Waals surface area contributed by atoms with E-state index in [4.69, 9.17) is 5.11 Å². The Morgan fingerprint density at radius 1 is 1.23 bits per heavy atom. The number of halogens is 1. The second-order valence-corrected chi connectivity index (χ2v) is 6.53. The third kappa shape index (κ3) is 2.31. The van der Waals surface area contributed by atoms with E-state index < -0.39 is 0 Å². The average molecular weight is 314 g/mol. The fourth-order valence-corrected chi connectivity index (χ4v) is 3.92. The third-order valence-electron chi connectivity index (χ3n) is 3.94. The molecule has 0 amide bonds. The first-order chi connectivity index (χ1) is 10.7. The lowest BCUT2D eigenvalue weighted by Crippen LogP contribution is -2.14. The maximum absolute atomic E-state index is 13.3. The second-order valence-electron chi connectivity index (χ2n) is 5.39. The van der Waals surface area contributed by atoms with Gasteiger partial charge in [-0.3, -0.25) is 0 Å². The molecule has 112 valence electrons. The molecule has 0 spiro atoms. The number of rotatable bonds is 3. The van der Waals surface area contributed by atoms with Gasteiger partial charge in [0.2, 0.25) is 0 Å². The monoisotopic (exact) mass is 314 g/mol. The van der Waals surface area contributed by atoms with Gasteiger partial charge in [0, 0.05) is 40.6 Å². The van der Waals surface area contributed by atoms with Crippen LogP contribution in [0.1, 0.15) is 5.56 Å². The van der Waals surface area contributed by atoms with Gasteiger partial charge in [-0.2, -0.15) is 0 Å². The summed E-state index contributed by atoms with van der Waals surface area (Å²) in [5.74, 6) is -0.231. The minimum atomic E-state index is -0.231. The number of hydrogen-bond donors (Lipinski definition) is 2. The van der Waals surface area contributed by atoms with Crippen LogP contribution in [-0.4, -0.2) is 27.5 Å². The standard InChI is InChI=1S/C17H15FN2OS/c18-13-2-3-14-15(9-19-16(14)8-13)11-1-4-17-12(7-11)10-20(22-17)5-6-21/h1-4,7-9,19,21H,5-6,10H2. The Hall–Kier alpha value is -1.82. The maximum Gasteiger partial charge on any atom is 0.125 e. The summed E-state index contributed by atoms with van der Waals surface area (Å²) >= 11 is 1.69. The predicted octanol–water partition coefficient (Wildman–Crippen LogP) is 3.79. The Bertz CT molecular complexity index is 846. The van der Waals surface area contributed by atoms with Gasteiger partial charge in [0.25, 0.3) is 0 Å². The topological polar surface area (TPSA) is 39.3 Å². The Labute approximate surface area is 131 Å². The first kappa shape index (κ1) is 13.8. The first-order valence-corrected chi connectivity index (χ1v) is 7.95. The van der Waals surface area contributed by atoms with Crippen molar-refractivity contribution in [1.29, 1.82) is 0 Å². The Morgan fingerprint density at radius 3 is 3.00 bits per heavy atom. The van der Waals surface area contributed by atoms with Crippen LogP contribution >= 0.6 is 11.9 Å². The fraction of sp³-hybridized carbons (Fsp3) is 0.176. The molecule has 3 aromatic rings. The summed E-state index contributed by atoms with van der Waals surface area (Å²) in [6, 6.07) is 11.2. The zero-order valence-corrected chi connectivity index (χ0v) is 12.7. The van der Waals surface area contributed by atoms with Crippen molar-refractivity contribution in [3.63, 3.8) is 0 Å². The van der Waals surface area contributed by atoms with Crippen molar-refractivity contribution in [2.24, 2.45) is 0 Å². The minimum absolute atomic E-state index is 0.169. The molecule has 0 atom stereocenters. The molecule has 2 heterocycles. The van der Waals surface area contributed by atoms with E-state index in [1.54, 1.807) is 11.9 Å². The average Bonchev–Trinajstić information content (AvgIpc) is 3.09. The zero-order valence-electron chi connectivity index (χ0n) is 11.8. The fourth-order valence-electron chi connectivity index (χ4n) is 2.89. The highest BCUT2D eigenvalue weighted by atomic mass is 32.2. The van der Waals surface area contributed by atoms with Crippen molar-refractivity contribution >= 4 is 22.9 Å². The molecule has 2 aromatic carbocycles. The van der Waals surface area contributed by atoms with E-state index in [2.05, 4.69) is 27.5 Å². The number of aromatic nitrogens is 1. The molecule has 0 saturated heterocycles. The van der Waals surface area contributed by atoms with Gasteiger partial charge in [-0.25, -0.2) is 8.70 Å². The highest BCUT2D eigenvalue weighted by molar-refractivity contribution is 7.97. The lowest BCUT2D eigenvalue weighted by molar-refractivity contribution is 0.261. The Morgan fingerprint density at radius 2 is 2.14 bits per heavy atom. The number of nitrogens with zero attached hydrogens (tertiary/aromatic N) is 1. The van der Waals surface area contributed by atoms with Crippen molar-refractivity contribution < 1.29 is 9.50 Å². The molecule has 5 heteroatoms. The summed E-state index contributed by atoms with van der Waals surface area (Å²) in [7, 11) is 0. The molecule has 22 heavy (non-hydrogen) atoms. The van der Waals surface area contributed by atoms with Crippen LogP contribution in [0.15, 0.2) is 47.5 Å². The summed E-state index contributed by atoms with van der Waals surface area (Å²) in [5, 5.41) is 10.1. The van der Waals surface area contributed by atoms with E-state index in [9.17, 15) is 4.39 Å². The van der Waals surface area contributed by atoms with Gasteiger partial charge in [0.15, 0.2) is 0 Å². The van der Waals surface area contributed by atoms with Crippen LogP contribution in [0, 0.1) is 5.82 Å². The van der Waals surface area contributed by atoms with Gasteiger partial charge in [0.1, 0.15) is 5.82 Å². The van der Waals surface area contributed by atoms with Gasteiger partial charge < -0.3 is 10.1 Å². The van der Waals surface area contributed by atoms with E-state index in [0.29, 0.717) is 6.54 Å². The number of benzene rings is 2. The van der Waals surface area contributed by atoms with Gasteiger partial charge in [0.05, 0.1) is 6.61 Å². The number of aliphatic hydroxyl groups is 1. The number of hydrogen-bond acceptors (Lipinski definition) is 3. The van der Waals surface area contributed by atoms with Crippen molar-refractivity contribution in [3.8, 4) is 11.1 Å². The molecule has 0 bridgehead atoms. The summed E-state index contributed by atoms with van der Waals surface area (Å²) in [5.41, 5.74) is 4.30. The molecule has 0 unspecified atom stereocenters. The maximum atomic E-state index is 13.3.